The van der Waals surface area contributed by atoms with E-state index in [4.69, 9.17) is 21.1 Å². The average Bonchev–Trinajstić information content (AvgIpc) is 3.32. The molecule has 2 aromatic rings. The number of aryl methyl sites for hydroxylation is 1. The van der Waals surface area contributed by atoms with Crippen LogP contribution >= 0.6 is 11.6 Å². The second-order valence-corrected chi connectivity index (χ2v) is 7.63. The first-order valence-corrected chi connectivity index (χ1v) is 9.90. The van der Waals surface area contributed by atoms with Crippen LogP contribution in [0.25, 0.3) is 0 Å². The van der Waals surface area contributed by atoms with Crippen molar-refractivity contribution in [1.29, 1.82) is 0 Å². The second kappa shape index (κ2) is 8.19. The van der Waals surface area contributed by atoms with Crippen molar-refractivity contribution < 1.29 is 18.7 Å². The second-order valence-electron chi connectivity index (χ2n) is 7.27. The molecule has 4 rings (SSSR count). The molecule has 8 heteroatoms. The van der Waals surface area contributed by atoms with Crippen LogP contribution in [0, 0.1) is 18.7 Å². The minimum atomic E-state index is -0.292. The third kappa shape index (κ3) is 3.92. The van der Waals surface area contributed by atoms with Crippen molar-refractivity contribution in [1.82, 2.24) is 14.7 Å². The van der Waals surface area contributed by atoms with Crippen molar-refractivity contribution in [2.75, 3.05) is 26.3 Å². The number of ether oxygens (including phenoxy) is 2. The number of carbonyl (C=O) groups is 1. The third-order valence-corrected chi connectivity index (χ3v) is 5.77. The summed E-state index contributed by atoms with van der Waals surface area (Å²) in [6.45, 7) is 4.74. The molecule has 0 unspecified atom stereocenters. The van der Waals surface area contributed by atoms with Crippen LogP contribution < -0.4 is 0 Å². The van der Waals surface area contributed by atoms with Gasteiger partial charge in [0, 0.05) is 19.0 Å². The maximum absolute atomic E-state index is 13.1. The number of amides is 1. The number of hydrogen-bond donors (Lipinski definition) is 0. The normalized spacial score (nSPS) is 18.8. The van der Waals surface area contributed by atoms with Gasteiger partial charge in [0.15, 0.2) is 6.29 Å². The molecule has 1 amide bonds. The van der Waals surface area contributed by atoms with Crippen LogP contribution in [0.2, 0.25) is 5.15 Å². The Morgan fingerprint density at radius 1 is 1.21 bits per heavy atom. The lowest BCUT2D eigenvalue weighted by molar-refractivity contribution is -0.0956. The standard InChI is InChI=1S/C20H23ClFN3O3/c1-13-17(18(21)25(23-13)12-14-2-4-16(22)5-3-14)19(26)24-8-6-15(7-9-24)20-27-10-11-28-20/h2-5,15,20H,6-12H2,1H3. The molecule has 0 spiro atoms. The lowest BCUT2D eigenvalue weighted by Gasteiger charge is -2.33. The summed E-state index contributed by atoms with van der Waals surface area (Å²) in [7, 11) is 0. The highest BCUT2D eigenvalue weighted by atomic mass is 35.5. The Morgan fingerprint density at radius 2 is 1.86 bits per heavy atom. The highest BCUT2D eigenvalue weighted by Gasteiger charge is 2.33. The minimum Gasteiger partial charge on any atom is -0.350 e. The Kier molecular flexibility index (Phi) is 5.66. The molecule has 28 heavy (non-hydrogen) atoms. The Hall–Kier alpha value is -1.96. The number of halogens is 2. The summed E-state index contributed by atoms with van der Waals surface area (Å²) in [4.78, 5) is 14.9. The predicted octanol–water partition coefficient (Wildman–Crippen LogP) is 3.26. The van der Waals surface area contributed by atoms with Crippen LogP contribution in [0.4, 0.5) is 4.39 Å². The van der Waals surface area contributed by atoms with Crippen molar-refractivity contribution in [3.05, 3.63) is 52.1 Å². The van der Waals surface area contributed by atoms with E-state index >= 15 is 0 Å². The number of rotatable bonds is 4. The third-order valence-electron chi connectivity index (χ3n) is 5.38. The molecule has 6 nitrogen and oxygen atoms in total. The van der Waals surface area contributed by atoms with E-state index in [-0.39, 0.29) is 18.0 Å². The maximum Gasteiger partial charge on any atom is 0.258 e. The van der Waals surface area contributed by atoms with Gasteiger partial charge in [-0.25, -0.2) is 9.07 Å². The van der Waals surface area contributed by atoms with E-state index in [0.29, 0.717) is 55.2 Å². The summed E-state index contributed by atoms with van der Waals surface area (Å²) in [5, 5.41) is 4.74. The van der Waals surface area contributed by atoms with Gasteiger partial charge in [0.05, 0.1) is 31.0 Å². The van der Waals surface area contributed by atoms with Gasteiger partial charge in [0.1, 0.15) is 11.0 Å². The smallest absolute Gasteiger partial charge is 0.258 e. The Balaban J connectivity index is 1.44. The summed E-state index contributed by atoms with van der Waals surface area (Å²) in [6, 6.07) is 6.16. The van der Waals surface area contributed by atoms with Crippen LogP contribution in [0.15, 0.2) is 24.3 Å². The first kappa shape index (κ1) is 19.4. The molecule has 2 saturated heterocycles. The molecular weight excluding hydrogens is 385 g/mol. The topological polar surface area (TPSA) is 56.6 Å². The molecule has 2 aliphatic rings. The van der Waals surface area contributed by atoms with Gasteiger partial charge >= 0.3 is 0 Å². The van der Waals surface area contributed by atoms with E-state index in [2.05, 4.69) is 5.10 Å². The lowest BCUT2D eigenvalue weighted by Crippen LogP contribution is -2.41. The fourth-order valence-electron chi connectivity index (χ4n) is 3.85. The van der Waals surface area contributed by atoms with Gasteiger partial charge in [0.25, 0.3) is 5.91 Å². The summed E-state index contributed by atoms with van der Waals surface area (Å²) < 4.78 is 25.9. The van der Waals surface area contributed by atoms with Crippen molar-refractivity contribution in [2.45, 2.75) is 32.6 Å². The van der Waals surface area contributed by atoms with E-state index in [1.165, 1.54) is 12.1 Å². The van der Waals surface area contributed by atoms with Gasteiger partial charge in [-0.3, -0.25) is 4.79 Å². The zero-order valence-electron chi connectivity index (χ0n) is 15.7. The highest BCUT2D eigenvalue weighted by molar-refractivity contribution is 6.33. The summed E-state index contributed by atoms with van der Waals surface area (Å²) in [5.74, 6) is -0.0666. The van der Waals surface area contributed by atoms with Gasteiger partial charge in [-0.15, -0.1) is 0 Å². The largest absolute Gasteiger partial charge is 0.350 e. The van der Waals surface area contributed by atoms with Crippen LogP contribution in [0.5, 0.6) is 0 Å². The zero-order chi connectivity index (χ0) is 19.7. The molecule has 0 aliphatic carbocycles. The maximum atomic E-state index is 13.1. The molecule has 0 saturated carbocycles. The van der Waals surface area contributed by atoms with Gasteiger partial charge < -0.3 is 14.4 Å². The Labute approximate surface area is 168 Å². The number of hydrogen-bond acceptors (Lipinski definition) is 4. The van der Waals surface area contributed by atoms with Crippen molar-refractivity contribution in [2.24, 2.45) is 5.92 Å². The number of aromatic nitrogens is 2. The van der Waals surface area contributed by atoms with Crippen LogP contribution in [0.1, 0.15) is 34.5 Å². The molecule has 1 aromatic heterocycles. The number of nitrogens with zero attached hydrogens (tertiary/aromatic N) is 3. The molecule has 150 valence electrons. The van der Waals surface area contributed by atoms with E-state index in [0.717, 1.165) is 18.4 Å². The number of likely N-dealkylation sites (tertiary alicyclic amines) is 1. The predicted molar refractivity (Wildman–Crippen MR) is 102 cm³/mol. The van der Waals surface area contributed by atoms with Crippen LogP contribution in [0.3, 0.4) is 0 Å². The molecule has 2 fully saturated rings. The van der Waals surface area contributed by atoms with Gasteiger partial charge in [-0.1, -0.05) is 23.7 Å². The molecule has 2 aliphatic heterocycles. The van der Waals surface area contributed by atoms with Crippen molar-refractivity contribution in [3.63, 3.8) is 0 Å². The highest BCUT2D eigenvalue weighted by Crippen LogP contribution is 2.29. The zero-order valence-corrected chi connectivity index (χ0v) is 16.5. The Bertz CT molecular complexity index is 841. The first-order chi connectivity index (χ1) is 13.5. The van der Waals surface area contributed by atoms with Crippen LogP contribution in [-0.2, 0) is 16.0 Å². The quantitative estimate of drug-likeness (QED) is 0.780. The molecule has 0 bridgehead atoms. The first-order valence-electron chi connectivity index (χ1n) is 9.53. The number of benzene rings is 1. The number of piperidine rings is 1. The fraction of sp³-hybridized carbons (Fsp3) is 0.500. The van der Waals surface area contributed by atoms with Crippen molar-refractivity contribution in [3.8, 4) is 0 Å². The van der Waals surface area contributed by atoms with E-state index in [1.54, 1.807) is 23.7 Å². The molecule has 3 heterocycles. The molecule has 0 N–H and O–H groups in total. The van der Waals surface area contributed by atoms with Crippen LogP contribution in [-0.4, -0.2) is 53.2 Å². The summed E-state index contributed by atoms with van der Waals surface area (Å²) >= 11 is 6.50. The molecule has 1 aromatic carbocycles. The SMILES string of the molecule is Cc1nn(Cc2ccc(F)cc2)c(Cl)c1C(=O)N1CCC(C2OCCO2)CC1. The monoisotopic (exact) mass is 407 g/mol. The number of carbonyl (C=O) groups excluding carboxylic acids is 1. The minimum absolute atomic E-state index is 0.0976. The fourth-order valence-corrected chi connectivity index (χ4v) is 4.16. The molecule has 0 radical (unpaired) electrons. The van der Waals surface area contributed by atoms with Gasteiger partial charge in [-0.2, -0.15) is 5.10 Å². The van der Waals surface area contributed by atoms with Gasteiger partial charge in [0.2, 0.25) is 0 Å². The van der Waals surface area contributed by atoms with E-state index in [9.17, 15) is 9.18 Å². The van der Waals surface area contributed by atoms with E-state index < -0.39 is 0 Å². The molecule has 0 atom stereocenters. The Morgan fingerprint density at radius 3 is 2.50 bits per heavy atom. The average molecular weight is 408 g/mol. The lowest BCUT2D eigenvalue weighted by atomic mass is 9.95. The summed E-state index contributed by atoms with van der Waals surface area (Å²) in [5.41, 5.74) is 1.90. The van der Waals surface area contributed by atoms with Gasteiger partial charge in [-0.05, 0) is 37.5 Å². The van der Waals surface area contributed by atoms with E-state index in [1.807, 2.05) is 4.90 Å². The molecular formula is C20H23ClFN3O3. The summed E-state index contributed by atoms with van der Waals surface area (Å²) in [6.07, 6.45) is 1.55. The van der Waals surface area contributed by atoms with Crippen molar-refractivity contribution >= 4 is 17.5 Å².